The van der Waals surface area contributed by atoms with Crippen molar-refractivity contribution >= 4 is 29.1 Å². The van der Waals surface area contributed by atoms with Gasteiger partial charge in [-0.25, -0.2) is 4.39 Å². The van der Waals surface area contributed by atoms with E-state index in [9.17, 15) is 9.18 Å². The van der Waals surface area contributed by atoms with E-state index in [-0.39, 0.29) is 17.3 Å². The van der Waals surface area contributed by atoms with E-state index in [4.69, 9.17) is 23.2 Å². The van der Waals surface area contributed by atoms with Crippen LogP contribution in [0.5, 0.6) is 0 Å². The van der Waals surface area contributed by atoms with Crippen LogP contribution in [-0.2, 0) is 0 Å². The second kappa shape index (κ2) is 5.69. The Labute approximate surface area is 110 Å². The number of carbonyl (C=O) groups excluding carboxylic acids is 1. The lowest BCUT2D eigenvalue weighted by atomic mass is 10.1. The van der Waals surface area contributed by atoms with Crippen LogP contribution in [0.25, 0.3) is 0 Å². The summed E-state index contributed by atoms with van der Waals surface area (Å²) < 4.78 is 13.7. The van der Waals surface area contributed by atoms with Crippen LogP contribution in [0.1, 0.15) is 22.8 Å². The number of hydrogen-bond acceptors (Lipinski definition) is 1. The quantitative estimate of drug-likeness (QED) is 0.842. The van der Waals surface area contributed by atoms with E-state index in [1.807, 2.05) is 0 Å². The highest BCUT2D eigenvalue weighted by atomic mass is 35.5. The van der Waals surface area contributed by atoms with Gasteiger partial charge in [0, 0.05) is 11.8 Å². The standard InChI is InChI=1S/C12H14Cl2FNO/c1-8-4-3-5-9(10(8)15)11(17)16-12(2,6-13)7-14/h3-5H,6-7H2,1-2H3,(H,16,17). The smallest absolute Gasteiger partial charge is 0.254 e. The summed E-state index contributed by atoms with van der Waals surface area (Å²) in [5, 5.41) is 2.63. The second-order valence-electron chi connectivity index (χ2n) is 4.22. The minimum atomic E-state index is -0.740. The van der Waals surface area contributed by atoms with Gasteiger partial charge in [0.05, 0.1) is 11.1 Å². The first-order valence-electron chi connectivity index (χ1n) is 5.13. The molecule has 0 saturated heterocycles. The monoisotopic (exact) mass is 277 g/mol. The molecule has 1 N–H and O–H groups in total. The third-order valence-corrected chi connectivity index (χ3v) is 3.62. The maximum Gasteiger partial charge on any atom is 0.254 e. The number of amides is 1. The van der Waals surface area contributed by atoms with E-state index in [0.717, 1.165) is 0 Å². The van der Waals surface area contributed by atoms with E-state index in [1.54, 1.807) is 26.0 Å². The van der Waals surface area contributed by atoms with Gasteiger partial charge in [-0.1, -0.05) is 12.1 Å². The molecule has 0 aliphatic carbocycles. The van der Waals surface area contributed by atoms with E-state index in [0.29, 0.717) is 5.56 Å². The third kappa shape index (κ3) is 3.33. The lowest BCUT2D eigenvalue weighted by molar-refractivity contribution is 0.0917. The van der Waals surface area contributed by atoms with Crippen LogP contribution < -0.4 is 5.32 Å². The number of alkyl halides is 2. The summed E-state index contributed by atoms with van der Waals surface area (Å²) in [6, 6.07) is 4.67. The number of nitrogens with one attached hydrogen (secondary N) is 1. The van der Waals surface area contributed by atoms with Crippen molar-refractivity contribution in [2.24, 2.45) is 0 Å². The molecule has 1 aromatic carbocycles. The van der Waals surface area contributed by atoms with Gasteiger partial charge in [-0.2, -0.15) is 0 Å². The highest BCUT2D eigenvalue weighted by Crippen LogP contribution is 2.15. The summed E-state index contributed by atoms with van der Waals surface area (Å²) in [7, 11) is 0. The van der Waals surface area contributed by atoms with E-state index in [2.05, 4.69) is 5.32 Å². The van der Waals surface area contributed by atoms with Crippen LogP contribution in [0, 0.1) is 12.7 Å². The van der Waals surface area contributed by atoms with Crippen LogP contribution in [0.2, 0.25) is 0 Å². The molecule has 0 atom stereocenters. The minimum absolute atomic E-state index is 0.00598. The van der Waals surface area contributed by atoms with Crippen LogP contribution in [0.4, 0.5) is 4.39 Å². The van der Waals surface area contributed by atoms with Crippen LogP contribution in [0.3, 0.4) is 0 Å². The predicted octanol–water partition coefficient (Wildman–Crippen LogP) is 3.10. The fraction of sp³-hybridized carbons (Fsp3) is 0.417. The highest BCUT2D eigenvalue weighted by molar-refractivity contribution is 6.22. The van der Waals surface area contributed by atoms with Crippen molar-refractivity contribution in [3.63, 3.8) is 0 Å². The number of rotatable bonds is 4. The van der Waals surface area contributed by atoms with Crippen molar-refractivity contribution in [1.82, 2.24) is 5.32 Å². The minimum Gasteiger partial charge on any atom is -0.344 e. The number of halogens is 3. The van der Waals surface area contributed by atoms with E-state index >= 15 is 0 Å². The fourth-order valence-electron chi connectivity index (χ4n) is 1.27. The lowest BCUT2D eigenvalue weighted by Crippen LogP contribution is -2.49. The van der Waals surface area contributed by atoms with Gasteiger partial charge in [-0.3, -0.25) is 4.79 Å². The Morgan fingerprint density at radius 1 is 1.41 bits per heavy atom. The van der Waals surface area contributed by atoms with Crippen molar-refractivity contribution in [3.8, 4) is 0 Å². The van der Waals surface area contributed by atoms with E-state index < -0.39 is 17.3 Å². The molecule has 0 bridgehead atoms. The molecule has 0 fully saturated rings. The fourth-order valence-corrected chi connectivity index (χ4v) is 1.69. The Morgan fingerprint density at radius 3 is 2.53 bits per heavy atom. The first-order chi connectivity index (χ1) is 7.93. The molecule has 0 unspecified atom stereocenters. The van der Waals surface area contributed by atoms with Gasteiger partial charge < -0.3 is 5.32 Å². The summed E-state index contributed by atoms with van der Waals surface area (Å²) in [5.41, 5.74) is -0.307. The molecule has 0 aromatic heterocycles. The topological polar surface area (TPSA) is 29.1 Å². The summed E-state index contributed by atoms with van der Waals surface area (Å²) >= 11 is 11.4. The van der Waals surface area contributed by atoms with Gasteiger partial charge in [0.1, 0.15) is 5.82 Å². The van der Waals surface area contributed by atoms with Gasteiger partial charge in [0.2, 0.25) is 0 Å². The number of aryl methyl sites for hydroxylation is 1. The Hall–Kier alpha value is -0.800. The molecule has 0 aliphatic heterocycles. The highest BCUT2D eigenvalue weighted by Gasteiger charge is 2.26. The summed E-state index contributed by atoms with van der Waals surface area (Å²) in [5.74, 6) is -0.697. The molecule has 5 heteroatoms. The number of benzene rings is 1. The number of carbonyl (C=O) groups is 1. The first-order valence-corrected chi connectivity index (χ1v) is 6.20. The molecule has 2 nitrogen and oxygen atoms in total. The first kappa shape index (κ1) is 14.3. The Bertz CT molecular complexity index is 419. The van der Waals surface area contributed by atoms with Crippen LogP contribution in [0.15, 0.2) is 18.2 Å². The largest absolute Gasteiger partial charge is 0.344 e. The molecule has 17 heavy (non-hydrogen) atoms. The zero-order valence-electron chi connectivity index (χ0n) is 9.69. The van der Waals surface area contributed by atoms with Crippen molar-refractivity contribution in [1.29, 1.82) is 0 Å². The normalized spacial score (nSPS) is 11.4. The Balaban J connectivity index is 2.94. The predicted molar refractivity (Wildman–Crippen MR) is 68.4 cm³/mol. The molecule has 0 radical (unpaired) electrons. The summed E-state index contributed by atoms with van der Waals surface area (Å²) in [6.07, 6.45) is 0. The van der Waals surface area contributed by atoms with Crippen LogP contribution >= 0.6 is 23.2 Å². The van der Waals surface area contributed by atoms with Crippen molar-refractivity contribution < 1.29 is 9.18 Å². The van der Waals surface area contributed by atoms with E-state index in [1.165, 1.54) is 6.07 Å². The summed E-state index contributed by atoms with van der Waals surface area (Å²) in [6.45, 7) is 3.31. The van der Waals surface area contributed by atoms with Crippen LogP contribution in [-0.4, -0.2) is 23.2 Å². The maximum absolute atomic E-state index is 13.7. The number of hydrogen-bond donors (Lipinski definition) is 1. The van der Waals surface area contributed by atoms with Gasteiger partial charge >= 0.3 is 0 Å². The molecule has 0 aliphatic rings. The molecule has 1 rings (SSSR count). The molecule has 1 aromatic rings. The zero-order chi connectivity index (χ0) is 13.1. The average Bonchev–Trinajstić information content (AvgIpc) is 2.32. The van der Waals surface area contributed by atoms with Crippen molar-refractivity contribution in [3.05, 3.63) is 35.1 Å². The Morgan fingerprint density at radius 2 is 2.00 bits per heavy atom. The molecule has 0 saturated carbocycles. The van der Waals surface area contributed by atoms with Crippen molar-refractivity contribution in [2.45, 2.75) is 19.4 Å². The second-order valence-corrected chi connectivity index (χ2v) is 4.75. The summed E-state index contributed by atoms with van der Waals surface area (Å²) in [4.78, 5) is 11.9. The zero-order valence-corrected chi connectivity index (χ0v) is 11.2. The molecule has 94 valence electrons. The average molecular weight is 278 g/mol. The molecule has 0 spiro atoms. The SMILES string of the molecule is Cc1cccc(C(=O)NC(C)(CCl)CCl)c1F. The maximum atomic E-state index is 13.7. The third-order valence-electron chi connectivity index (χ3n) is 2.44. The molecular weight excluding hydrogens is 264 g/mol. The van der Waals surface area contributed by atoms with Crippen molar-refractivity contribution in [2.75, 3.05) is 11.8 Å². The lowest BCUT2D eigenvalue weighted by Gasteiger charge is -2.26. The van der Waals surface area contributed by atoms with Gasteiger partial charge in [-0.05, 0) is 25.5 Å². The Kier molecular flexibility index (Phi) is 4.78. The molecular formula is C12H14Cl2FNO. The van der Waals surface area contributed by atoms with Gasteiger partial charge in [-0.15, -0.1) is 23.2 Å². The van der Waals surface area contributed by atoms with Gasteiger partial charge in [0.25, 0.3) is 5.91 Å². The molecule has 1 amide bonds. The molecule has 0 heterocycles. The van der Waals surface area contributed by atoms with Gasteiger partial charge in [0.15, 0.2) is 0 Å².